The summed E-state index contributed by atoms with van der Waals surface area (Å²) < 4.78 is 0. The molecule has 0 fully saturated rings. The Morgan fingerprint density at radius 2 is 2.15 bits per heavy atom. The van der Waals surface area contributed by atoms with Gasteiger partial charge in [-0.25, -0.2) is 4.98 Å². The van der Waals surface area contributed by atoms with Crippen LogP contribution in [0, 0.1) is 6.92 Å². The van der Waals surface area contributed by atoms with E-state index in [1.807, 2.05) is 13.8 Å². The lowest BCUT2D eigenvalue weighted by Gasteiger charge is -2.08. The van der Waals surface area contributed by atoms with Gasteiger partial charge in [-0.2, -0.15) is 4.98 Å². The summed E-state index contributed by atoms with van der Waals surface area (Å²) in [6.45, 7) is 5.37. The van der Waals surface area contributed by atoms with Crippen LogP contribution in [0.4, 0.5) is 11.8 Å². The van der Waals surface area contributed by atoms with Crippen LogP contribution >= 0.6 is 11.3 Å². The fourth-order valence-corrected chi connectivity index (χ4v) is 2.71. The Kier molecular flexibility index (Phi) is 4.73. The summed E-state index contributed by atoms with van der Waals surface area (Å²) in [5.41, 5.74) is 0. The number of aryl methyl sites for hydroxylation is 1. The highest BCUT2D eigenvalue weighted by molar-refractivity contribution is 7.18. The van der Waals surface area contributed by atoms with E-state index >= 15 is 0 Å². The molecule has 3 N–H and O–H groups in total. The Morgan fingerprint density at radius 1 is 1.35 bits per heavy atom. The third-order valence-electron chi connectivity index (χ3n) is 2.77. The highest BCUT2D eigenvalue weighted by Crippen LogP contribution is 2.29. The second-order valence-electron chi connectivity index (χ2n) is 4.35. The summed E-state index contributed by atoms with van der Waals surface area (Å²) in [6.07, 6.45) is 0.418. The van der Waals surface area contributed by atoms with E-state index in [9.17, 15) is 4.79 Å². The minimum absolute atomic E-state index is 0.0104. The van der Waals surface area contributed by atoms with Gasteiger partial charge in [-0.15, -0.1) is 11.3 Å². The molecule has 2 aromatic rings. The number of thiophene rings is 1. The molecule has 0 saturated carbocycles. The van der Waals surface area contributed by atoms with Crippen LogP contribution < -0.4 is 16.0 Å². The Hall–Kier alpha value is -1.89. The van der Waals surface area contributed by atoms with Crippen LogP contribution in [-0.2, 0) is 4.79 Å². The molecule has 0 bridgehead atoms. The van der Waals surface area contributed by atoms with Crippen molar-refractivity contribution in [3.8, 4) is 0 Å². The molecule has 2 heterocycles. The quantitative estimate of drug-likeness (QED) is 0.759. The third kappa shape index (κ3) is 3.36. The Labute approximate surface area is 122 Å². The number of carbonyl (C=O) groups excluding carboxylic acids is 1. The summed E-state index contributed by atoms with van der Waals surface area (Å²) in [5, 5.41) is 9.95. The SMILES string of the molecule is CCNc1nc(NCCC(=O)NC)c2cc(C)sc2n1. The molecule has 0 unspecified atom stereocenters. The minimum atomic E-state index is 0.0104. The van der Waals surface area contributed by atoms with Crippen molar-refractivity contribution >= 4 is 39.2 Å². The molecule has 0 spiro atoms. The van der Waals surface area contributed by atoms with E-state index in [-0.39, 0.29) is 5.91 Å². The second-order valence-corrected chi connectivity index (χ2v) is 5.59. The maximum absolute atomic E-state index is 11.2. The predicted octanol–water partition coefficient (Wildman–Crippen LogP) is 1.98. The van der Waals surface area contributed by atoms with Gasteiger partial charge in [-0.05, 0) is 19.9 Å². The lowest BCUT2D eigenvalue weighted by molar-refractivity contribution is -0.120. The van der Waals surface area contributed by atoms with E-state index in [1.54, 1.807) is 18.4 Å². The van der Waals surface area contributed by atoms with Gasteiger partial charge in [-0.1, -0.05) is 0 Å². The van der Waals surface area contributed by atoms with Crippen LogP contribution in [0.15, 0.2) is 6.07 Å². The molecule has 0 radical (unpaired) electrons. The van der Waals surface area contributed by atoms with Crippen molar-refractivity contribution in [3.05, 3.63) is 10.9 Å². The molecular formula is C13H19N5OS. The van der Waals surface area contributed by atoms with E-state index in [2.05, 4.69) is 32.0 Å². The first-order valence-corrected chi connectivity index (χ1v) is 7.42. The standard InChI is InChI=1S/C13H19N5OS/c1-4-15-13-17-11(16-6-5-10(19)14-3)9-7-8(2)20-12(9)18-13/h7H,4-6H2,1-3H3,(H,14,19)(H2,15,16,17,18). The van der Waals surface area contributed by atoms with Gasteiger partial charge in [0.1, 0.15) is 10.6 Å². The molecule has 0 aliphatic carbocycles. The number of carbonyl (C=O) groups is 1. The number of amides is 1. The molecule has 0 aliphatic heterocycles. The average molecular weight is 293 g/mol. The zero-order chi connectivity index (χ0) is 14.5. The summed E-state index contributed by atoms with van der Waals surface area (Å²) in [6, 6.07) is 2.07. The van der Waals surface area contributed by atoms with E-state index in [1.165, 1.54) is 4.88 Å². The Balaban J connectivity index is 2.22. The highest BCUT2D eigenvalue weighted by atomic mass is 32.1. The zero-order valence-corrected chi connectivity index (χ0v) is 12.7. The van der Waals surface area contributed by atoms with Crippen LogP contribution in [0.3, 0.4) is 0 Å². The van der Waals surface area contributed by atoms with Gasteiger partial charge in [0, 0.05) is 31.4 Å². The Morgan fingerprint density at radius 3 is 2.85 bits per heavy atom. The van der Waals surface area contributed by atoms with Crippen LogP contribution in [0.5, 0.6) is 0 Å². The van der Waals surface area contributed by atoms with Crippen LogP contribution in [-0.4, -0.2) is 36.0 Å². The van der Waals surface area contributed by atoms with Crippen molar-refractivity contribution in [2.24, 2.45) is 0 Å². The molecule has 0 aromatic carbocycles. The first-order valence-electron chi connectivity index (χ1n) is 6.60. The fraction of sp³-hybridized carbons (Fsp3) is 0.462. The summed E-state index contributed by atoms with van der Waals surface area (Å²) >= 11 is 1.64. The van der Waals surface area contributed by atoms with Gasteiger partial charge >= 0.3 is 0 Å². The lowest BCUT2D eigenvalue weighted by atomic mass is 10.3. The van der Waals surface area contributed by atoms with Gasteiger partial charge in [0.2, 0.25) is 11.9 Å². The van der Waals surface area contributed by atoms with Crippen LogP contribution in [0.25, 0.3) is 10.2 Å². The van der Waals surface area contributed by atoms with E-state index in [0.717, 1.165) is 22.6 Å². The molecule has 20 heavy (non-hydrogen) atoms. The summed E-state index contributed by atoms with van der Waals surface area (Å²) in [5.74, 6) is 1.40. The average Bonchev–Trinajstić information content (AvgIpc) is 2.79. The largest absolute Gasteiger partial charge is 0.369 e. The molecule has 108 valence electrons. The van der Waals surface area contributed by atoms with Gasteiger partial charge < -0.3 is 16.0 Å². The highest BCUT2D eigenvalue weighted by Gasteiger charge is 2.10. The lowest BCUT2D eigenvalue weighted by Crippen LogP contribution is -2.21. The number of fused-ring (bicyclic) bond motifs is 1. The molecular weight excluding hydrogens is 274 g/mol. The first-order chi connectivity index (χ1) is 9.63. The van der Waals surface area contributed by atoms with Crippen molar-refractivity contribution in [1.29, 1.82) is 0 Å². The van der Waals surface area contributed by atoms with Gasteiger partial charge in [0.05, 0.1) is 5.39 Å². The number of anilines is 2. The number of rotatable bonds is 6. The summed E-state index contributed by atoms with van der Waals surface area (Å²) in [4.78, 5) is 22.3. The van der Waals surface area contributed by atoms with E-state index in [4.69, 9.17) is 0 Å². The molecule has 7 heteroatoms. The van der Waals surface area contributed by atoms with Crippen molar-refractivity contribution in [2.45, 2.75) is 20.3 Å². The van der Waals surface area contributed by atoms with Gasteiger partial charge in [-0.3, -0.25) is 4.79 Å². The van der Waals surface area contributed by atoms with Crippen LogP contribution in [0.1, 0.15) is 18.2 Å². The second kappa shape index (κ2) is 6.51. The predicted molar refractivity (Wildman–Crippen MR) is 83.5 cm³/mol. The number of hydrogen-bond donors (Lipinski definition) is 3. The first kappa shape index (κ1) is 14.5. The number of nitrogens with one attached hydrogen (secondary N) is 3. The maximum Gasteiger partial charge on any atom is 0.226 e. The number of aromatic nitrogens is 2. The van der Waals surface area contributed by atoms with E-state index in [0.29, 0.717) is 18.9 Å². The third-order valence-corrected chi connectivity index (χ3v) is 3.72. The fourth-order valence-electron chi connectivity index (χ4n) is 1.83. The van der Waals surface area contributed by atoms with Crippen molar-refractivity contribution < 1.29 is 4.79 Å². The minimum Gasteiger partial charge on any atom is -0.369 e. The molecule has 2 aromatic heterocycles. The molecule has 1 amide bonds. The van der Waals surface area contributed by atoms with Gasteiger partial charge in [0.15, 0.2) is 0 Å². The molecule has 6 nitrogen and oxygen atoms in total. The smallest absolute Gasteiger partial charge is 0.226 e. The van der Waals surface area contributed by atoms with E-state index < -0.39 is 0 Å². The maximum atomic E-state index is 11.2. The normalized spacial score (nSPS) is 10.6. The number of nitrogens with zero attached hydrogens (tertiary/aromatic N) is 2. The number of hydrogen-bond acceptors (Lipinski definition) is 6. The molecule has 0 saturated heterocycles. The zero-order valence-electron chi connectivity index (χ0n) is 11.9. The molecule has 0 aliphatic rings. The molecule has 0 atom stereocenters. The molecule has 2 rings (SSSR count). The van der Waals surface area contributed by atoms with Crippen LogP contribution in [0.2, 0.25) is 0 Å². The van der Waals surface area contributed by atoms with Gasteiger partial charge in [0.25, 0.3) is 0 Å². The summed E-state index contributed by atoms with van der Waals surface area (Å²) in [7, 11) is 1.64. The topological polar surface area (TPSA) is 78.9 Å². The Bertz CT molecular complexity index is 610. The monoisotopic (exact) mass is 293 g/mol. The van der Waals surface area contributed by atoms with Crippen molar-refractivity contribution in [1.82, 2.24) is 15.3 Å². The van der Waals surface area contributed by atoms with Crippen molar-refractivity contribution in [2.75, 3.05) is 30.8 Å². The van der Waals surface area contributed by atoms with Crippen molar-refractivity contribution in [3.63, 3.8) is 0 Å².